The van der Waals surface area contributed by atoms with Gasteiger partial charge in [-0.25, -0.2) is 8.78 Å². The van der Waals surface area contributed by atoms with Crippen LogP contribution in [0.25, 0.3) is 0 Å². The van der Waals surface area contributed by atoms with Crippen LogP contribution in [0.5, 0.6) is 0 Å². The van der Waals surface area contributed by atoms with Crippen molar-refractivity contribution in [3.05, 3.63) is 11.7 Å². The highest BCUT2D eigenvalue weighted by Crippen LogP contribution is 2.59. The molecule has 0 aromatic carbocycles. The second kappa shape index (κ2) is 4.93. The van der Waals surface area contributed by atoms with Crippen molar-refractivity contribution in [2.45, 2.75) is 36.8 Å². The topological polar surface area (TPSA) is 0 Å². The first kappa shape index (κ1) is 19.8. The quantitative estimate of drug-likeness (QED) is 0.609. The number of allylic oxidation sites excluding steroid dienone is 2. The molecule has 21 heavy (non-hydrogen) atoms. The Hall–Kier alpha value is -1.17. The van der Waals surface area contributed by atoms with E-state index in [1.165, 1.54) is 0 Å². The third-order valence-electron chi connectivity index (χ3n) is 2.12. The zero-order chi connectivity index (χ0) is 17.7. The SMILES string of the molecule is CC(F)=C(F)C(F)(F)C(F)(F)C(F)(F)C(F)(F)C(F)(F)F. The molecule has 0 bridgehead atoms. The summed E-state index contributed by atoms with van der Waals surface area (Å²) in [5.41, 5.74) is 0. The van der Waals surface area contributed by atoms with Crippen LogP contribution >= 0.6 is 0 Å². The number of hydrogen-bond acceptors (Lipinski definition) is 0. The molecule has 0 rings (SSSR count). The molecular formula is C8H3F13. The van der Waals surface area contributed by atoms with Gasteiger partial charge >= 0.3 is 29.9 Å². The van der Waals surface area contributed by atoms with Crippen LogP contribution in [0.2, 0.25) is 0 Å². The van der Waals surface area contributed by atoms with Crippen LogP contribution in [0.4, 0.5) is 57.1 Å². The van der Waals surface area contributed by atoms with Gasteiger partial charge in [0, 0.05) is 0 Å². The van der Waals surface area contributed by atoms with E-state index in [0.29, 0.717) is 0 Å². The number of alkyl halides is 11. The molecule has 126 valence electrons. The summed E-state index contributed by atoms with van der Waals surface area (Å²) in [6.45, 7) is -0.265. The van der Waals surface area contributed by atoms with Crippen molar-refractivity contribution in [1.29, 1.82) is 0 Å². The standard InChI is InChI=1S/C8H3F13/c1-2(9)3(10)4(11,12)5(13,14)6(15,16)7(17,18)8(19,20)21/h1H3. The van der Waals surface area contributed by atoms with Crippen molar-refractivity contribution in [2.24, 2.45) is 0 Å². The fourth-order valence-corrected chi connectivity index (χ4v) is 0.927. The smallest absolute Gasteiger partial charge is 0.209 e. The molecule has 0 spiro atoms. The Kier molecular flexibility index (Phi) is 4.66. The first-order valence-electron chi connectivity index (χ1n) is 4.46. The average molecular weight is 346 g/mol. The van der Waals surface area contributed by atoms with E-state index in [1.54, 1.807) is 0 Å². The van der Waals surface area contributed by atoms with E-state index in [0.717, 1.165) is 0 Å². The Morgan fingerprint density at radius 2 is 0.905 bits per heavy atom. The second-order valence-corrected chi connectivity index (χ2v) is 3.64. The van der Waals surface area contributed by atoms with Gasteiger partial charge in [-0.2, -0.15) is 48.3 Å². The van der Waals surface area contributed by atoms with Gasteiger partial charge in [0.2, 0.25) is 5.83 Å². The fraction of sp³-hybridized carbons (Fsp3) is 0.750. The molecule has 0 saturated carbocycles. The van der Waals surface area contributed by atoms with E-state index in [2.05, 4.69) is 0 Å². The van der Waals surface area contributed by atoms with Crippen LogP contribution in [0.3, 0.4) is 0 Å². The summed E-state index contributed by atoms with van der Waals surface area (Å²) >= 11 is 0. The first-order valence-corrected chi connectivity index (χ1v) is 4.46. The van der Waals surface area contributed by atoms with Crippen LogP contribution in [0, 0.1) is 0 Å². The highest BCUT2D eigenvalue weighted by atomic mass is 19.4. The Bertz CT molecular complexity index is 422. The Morgan fingerprint density at radius 3 is 1.14 bits per heavy atom. The van der Waals surface area contributed by atoms with Gasteiger partial charge in [0.1, 0.15) is 5.83 Å². The number of halogens is 13. The summed E-state index contributed by atoms with van der Waals surface area (Å²) in [5, 5.41) is 0. The molecule has 0 aliphatic heterocycles. The van der Waals surface area contributed by atoms with Crippen molar-refractivity contribution in [3.8, 4) is 0 Å². The maximum Gasteiger partial charge on any atom is 0.460 e. The van der Waals surface area contributed by atoms with E-state index in [-0.39, 0.29) is 6.92 Å². The summed E-state index contributed by atoms with van der Waals surface area (Å²) in [6.07, 6.45) is -7.35. The fourth-order valence-electron chi connectivity index (χ4n) is 0.927. The highest BCUT2D eigenvalue weighted by molar-refractivity contribution is 5.18. The van der Waals surface area contributed by atoms with Crippen molar-refractivity contribution in [1.82, 2.24) is 0 Å². The van der Waals surface area contributed by atoms with Crippen molar-refractivity contribution >= 4 is 0 Å². The summed E-state index contributed by atoms with van der Waals surface area (Å²) < 4.78 is 160. The Labute approximate surface area is 107 Å². The van der Waals surface area contributed by atoms with E-state index in [1.807, 2.05) is 0 Å². The molecule has 0 saturated heterocycles. The molecular weight excluding hydrogens is 343 g/mol. The minimum atomic E-state index is -7.76. The van der Waals surface area contributed by atoms with Crippen LogP contribution in [-0.2, 0) is 0 Å². The molecule has 0 amide bonds. The van der Waals surface area contributed by atoms with Gasteiger partial charge in [-0.3, -0.25) is 0 Å². The Morgan fingerprint density at radius 1 is 0.571 bits per heavy atom. The summed E-state index contributed by atoms with van der Waals surface area (Å²) in [6, 6.07) is 0. The number of hydrogen-bond donors (Lipinski definition) is 0. The minimum absolute atomic E-state index is 0.265. The van der Waals surface area contributed by atoms with Gasteiger partial charge in [-0.05, 0) is 6.92 Å². The lowest BCUT2D eigenvalue weighted by Gasteiger charge is -2.36. The monoisotopic (exact) mass is 346 g/mol. The van der Waals surface area contributed by atoms with Gasteiger partial charge in [-0.15, -0.1) is 0 Å². The molecule has 0 aliphatic rings. The van der Waals surface area contributed by atoms with Crippen molar-refractivity contribution in [3.63, 3.8) is 0 Å². The van der Waals surface area contributed by atoms with E-state index in [4.69, 9.17) is 0 Å². The molecule has 0 nitrogen and oxygen atoms in total. The van der Waals surface area contributed by atoms with Crippen LogP contribution in [-0.4, -0.2) is 29.9 Å². The van der Waals surface area contributed by atoms with Gasteiger partial charge < -0.3 is 0 Å². The van der Waals surface area contributed by atoms with Gasteiger partial charge in [0.05, 0.1) is 0 Å². The third-order valence-corrected chi connectivity index (χ3v) is 2.12. The molecule has 0 atom stereocenters. The first-order chi connectivity index (χ1) is 8.85. The summed E-state index contributed by atoms with van der Waals surface area (Å²) in [5.74, 6) is -36.6. The lowest BCUT2D eigenvalue weighted by molar-refractivity contribution is -0.419. The van der Waals surface area contributed by atoms with E-state index >= 15 is 0 Å². The number of rotatable bonds is 4. The molecule has 13 heteroatoms. The molecule has 0 heterocycles. The lowest BCUT2D eigenvalue weighted by Crippen LogP contribution is -2.66. The average Bonchev–Trinajstić information content (AvgIpc) is 2.25. The third kappa shape index (κ3) is 2.65. The molecule has 0 fully saturated rings. The summed E-state index contributed by atoms with van der Waals surface area (Å²) in [4.78, 5) is 0. The largest absolute Gasteiger partial charge is 0.460 e. The molecule has 0 unspecified atom stereocenters. The van der Waals surface area contributed by atoms with Crippen molar-refractivity contribution in [2.75, 3.05) is 0 Å². The predicted molar refractivity (Wildman–Crippen MR) is 40.8 cm³/mol. The van der Waals surface area contributed by atoms with Gasteiger partial charge in [0.25, 0.3) is 0 Å². The summed E-state index contributed by atoms with van der Waals surface area (Å²) in [7, 11) is 0. The molecule has 0 radical (unpaired) electrons. The Balaban J connectivity index is 6.20. The molecule has 0 N–H and O–H groups in total. The normalized spacial score (nSPS) is 16.9. The van der Waals surface area contributed by atoms with Gasteiger partial charge in [0.15, 0.2) is 0 Å². The molecule has 0 aliphatic carbocycles. The van der Waals surface area contributed by atoms with Crippen LogP contribution < -0.4 is 0 Å². The maximum absolute atomic E-state index is 12.7. The highest BCUT2D eigenvalue weighted by Gasteiger charge is 2.88. The molecule has 0 aromatic heterocycles. The lowest BCUT2D eigenvalue weighted by atomic mass is 9.97. The van der Waals surface area contributed by atoms with Crippen LogP contribution in [0.15, 0.2) is 11.7 Å². The van der Waals surface area contributed by atoms with Crippen LogP contribution in [0.1, 0.15) is 6.92 Å². The second-order valence-electron chi connectivity index (χ2n) is 3.64. The van der Waals surface area contributed by atoms with Crippen molar-refractivity contribution < 1.29 is 57.1 Å². The van der Waals surface area contributed by atoms with Gasteiger partial charge in [-0.1, -0.05) is 0 Å². The predicted octanol–water partition coefficient (Wildman–Crippen LogP) is 5.26. The zero-order valence-electron chi connectivity index (χ0n) is 9.41. The van der Waals surface area contributed by atoms with E-state index in [9.17, 15) is 57.1 Å². The molecule has 0 aromatic rings. The van der Waals surface area contributed by atoms with E-state index < -0.39 is 41.5 Å². The minimum Gasteiger partial charge on any atom is -0.209 e. The zero-order valence-corrected chi connectivity index (χ0v) is 9.41. The maximum atomic E-state index is 12.7.